The molecule has 32 heavy (non-hydrogen) atoms. The zero-order chi connectivity index (χ0) is 22.5. The topological polar surface area (TPSA) is 70.7 Å². The van der Waals surface area contributed by atoms with Gasteiger partial charge < -0.3 is 20.3 Å². The molecule has 0 fully saturated rings. The highest BCUT2D eigenvalue weighted by Crippen LogP contribution is 2.29. The van der Waals surface area contributed by atoms with Crippen LogP contribution in [0.5, 0.6) is 5.75 Å². The zero-order valence-electron chi connectivity index (χ0n) is 17.7. The van der Waals surface area contributed by atoms with E-state index in [1.54, 1.807) is 48.2 Å². The second-order valence-electron chi connectivity index (χ2n) is 7.67. The molecule has 2 N–H and O–H groups in total. The van der Waals surface area contributed by atoms with Gasteiger partial charge in [0.25, 0.3) is 5.91 Å². The Morgan fingerprint density at radius 1 is 1.03 bits per heavy atom. The van der Waals surface area contributed by atoms with Gasteiger partial charge in [0.05, 0.1) is 0 Å². The van der Waals surface area contributed by atoms with Crippen molar-refractivity contribution in [3.8, 4) is 5.75 Å². The van der Waals surface area contributed by atoms with Crippen LogP contribution in [0.25, 0.3) is 0 Å². The molecule has 0 bridgehead atoms. The molecule has 0 spiro atoms. The zero-order valence-corrected chi connectivity index (χ0v) is 18.4. The molecule has 1 heterocycles. The molecule has 1 atom stereocenters. The summed E-state index contributed by atoms with van der Waals surface area (Å²) in [6.45, 7) is 2.76. The number of carbonyl (C=O) groups is 2. The number of ether oxygens (including phenoxy) is 1. The van der Waals surface area contributed by atoms with E-state index in [1.807, 2.05) is 24.3 Å². The highest BCUT2D eigenvalue weighted by molar-refractivity contribution is 6.30. The van der Waals surface area contributed by atoms with E-state index in [0.717, 1.165) is 12.0 Å². The third kappa shape index (κ3) is 5.39. The molecule has 0 radical (unpaired) electrons. The number of nitrogens with one attached hydrogen (secondary N) is 2. The second kappa shape index (κ2) is 9.75. The lowest BCUT2D eigenvalue weighted by Gasteiger charge is -2.22. The van der Waals surface area contributed by atoms with E-state index in [-0.39, 0.29) is 11.9 Å². The summed E-state index contributed by atoms with van der Waals surface area (Å²) in [6, 6.07) is 22.0. The Kier molecular flexibility index (Phi) is 6.61. The van der Waals surface area contributed by atoms with Crippen LogP contribution in [0.15, 0.2) is 72.8 Å². The fourth-order valence-corrected chi connectivity index (χ4v) is 3.83. The first-order chi connectivity index (χ1) is 15.5. The Bertz CT molecular complexity index is 1120. The smallest absolute Gasteiger partial charge is 0.323 e. The van der Waals surface area contributed by atoms with Crippen LogP contribution in [0.3, 0.4) is 0 Å². The molecule has 0 saturated heterocycles. The third-order valence-electron chi connectivity index (χ3n) is 5.24. The number of fused-ring (bicyclic) bond motifs is 1. The van der Waals surface area contributed by atoms with Gasteiger partial charge in [-0.1, -0.05) is 48.0 Å². The molecular formula is C25H24ClN3O3. The normalized spacial score (nSPS) is 15.4. The van der Waals surface area contributed by atoms with Gasteiger partial charge in [0.1, 0.15) is 5.75 Å². The van der Waals surface area contributed by atoms with Crippen molar-refractivity contribution in [2.24, 2.45) is 0 Å². The molecule has 3 amide bonds. The lowest BCUT2D eigenvalue weighted by molar-refractivity contribution is -0.137. The number of urea groups is 1. The summed E-state index contributed by atoms with van der Waals surface area (Å²) in [7, 11) is 0. The van der Waals surface area contributed by atoms with Crippen LogP contribution < -0.4 is 15.4 Å². The van der Waals surface area contributed by atoms with E-state index in [2.05, 4.69) is 22.8 Å². The van der Waals surface area contributed by atoms with Crippen molar-refractivity contribution in [2.45, 2.75) is 26.0 Å². The minimum Gasteiger partial charge on any atom is -0.481 e. The lowest BCUT2D eigenvalue weighted by atomic mass is 10.1. The number of carbonyl (C=O) groups excluding carboxylic acids is 2. The fraction of sp³-hybridized carbons (Fsp3) is 0.200. The standard InChI is InChI=1S/C25H24ClN3O3/c1-17-24(30)29(13-12-18-6-3-2-4-7-18)16-19-14-22(10-11-23(19)32-17)28-25(31)27-21-9-5-8-20(26)15-21/h2-11,14-15,17H,12-13,16H2,1H3,(H2,27,28,31). The molecule has 1 aliphatic rings. The van der Waals surface area contributed by atoms with E-state index in [0.29, 0.717) is 35.2 Å². The SMILES string of the molecule is CC1Oc2ccc(NC(=O)Nc3cccc(Cl)c3)cc2CN(CCc2ccccc2)C1=O. The van der Waals surface area contributed by atoms with Crippen molar-refractivity contribution in [2.75, 3.05) is 17.2 Å². The first-order valence-electron chi connectivity index (χ1n) is 10.4. The van der Waals surface area contributed by atoms with Crippen molar-refractivity contribution >= 4 is 34.9 Å². The van der Waals surface area contributed by atoms with Crippen molar-refractivity contribution in [3.05, 3.63) is 88.9 Å². The molecule has 3 aromatic carbocycles. The van der Waals surface area contributed by atoms with Crippen LogP contribution in [0.4, 0.5) is 16.2 Å². The highest BCUT2D eigenvalue weighted by atomic mass is 35.5. The summed E-state index contributed by atoms with van der Waals surface area (Å²) >= 11 is 5.97. The molecule has 1 aliphatic heterocycles. The van der Waals surface area contributed by atoms with E-state index in [4.69, 9.17) is 16.3 Å². The maximum atomic E-state index is 12.8. The molecule has 7 heteroatoms. The summed E-state index contributed by atoms with van der Waals surface area (Å²) < 4.78 is 5.89. The van der Waals surface area contributed by atoms with Gasteiger partial charge in [-0.3, -0.25) is 4.79 Å². The summed E-state index contributed by atoms with van der Waals surface area (Å²) in [5, 5.41) is 6.12. The number of rotatable bonds is 5. The maximum Gasteiger partial charge on any atom is 0.323 e. The van der Waals surface area contributed by atoms with Gasteiger partial charge in [-0.2, -0.15) is 0 Å². The van der Waals surface area contributed by atoms with E-state index in [9.17, 15) is 9.59 Å². The molecule has 3 aromatic rings. The number of hydrogen-bond donors (Lipinski definition) is 2. The van der Waals surface area contributed by atoms with Crippen molar-refractivity contribution < 1.29 is 14.3 Å². The van der Waals surface area contributed by atoms with Gasteiger partial charge in [-0.15, -0.1) is 0 Å². The van der Waals surface area contributed by atoms with Crippen LogP contribution in [0.1, 0.15) is 18.1 Å². The molecule has 1 unspecified atom stereocenters. The van der Waals surface area contributed by atoms with E-state index in [1.165, 1.54) is 5.56 Å². The second-order valence-corrected chi connectivity index (χ2v) is 8.10. The summed E-state index contributed by atoms with van der Waals surface area (Å²) in [6.07, 6.45) is 0.186. The number of benzene rings is 3. The number of amides is 3. The van der Waals surface area contributed by atoms with Gasteiger partial charge >= 0.3 is 6.03 Å². The first-order valence-corrected chi connectivity index (χ1v) is 10.8. The van der Waals surface area contributed by atoms with Crippen molar-refractivity contribution in [1.29, 1.82) is 0 Å². The monoisotopic (exact) mass is 449 g/mol. The Balaban J connectivity index is 1.46. The van der Waals surface area contributed by atoms with Crippen LogP contribution in [0, 0.1) is 0 Å². The minimum absolute atomic E-state index is 0.0506. The van der Waals surface area contributed by atoms with Crippen LogP contribution in [0.2, 0.25) is 5.02 Å². The van der Waals surface area contributed by atoms with Crippen molar-refractivity contribution in [3.63, 3.8) is 0 Å². The van der Waals surface area contributed by atoms with Crippen LogP contribution >= 0.6 is 11.6 Å². The Labute approximate surface area is 192 Å². The van der Waals surface area contributed by atoms with Crippen LogP contribution in [-0.4, -0.2) is 29.5 Å². The number of halogens is 1. The third-order valence-corrected chi connectivity index (χ3v) is 5.47. The largest absolute Gasteiger partial charge is 0.481 e. The van der Waals surface area contributed by atoms with Gasteiger partial charge in [-0.25, -0.2) is 4.79 Å². The van der Waals surface area contributed by atoms with Gasteiger partial charge in [0.15, 0.2) is 6.10 Å². The molecule has 6 nitrogen and oxygen atoms in total. The fourth-order valence-electron chi connectivity index (χ4n) is 3.63. The summed E-state index contributed by atoms with van der Waals surface area (Å²) in [5.41, 5.74) is 3.22. The number of hydrogen-bond acceptors (Lipinski definition) is 3. The summed E-state index contributed by atoms with van der Waals surface area (Å²) in [5.74, 6) is 0.596. The maximum absolute atomic E-state index is 12.8. The predicted octanol–water partition coefficient (Wildman–Crippen LogP) is 5.34. The van der Waals surface area contributed by atoms with Crippen LogP contribution in [-0.2, 0) is 17.8 Å². The number of nitrogens with zero attached hydrogens (tertiary/aromatic N) is 1. The molecule has 4 rings (SSSR count). The van der Waals surface area contributed by atoms with Crippen molar-refractivity contribution in [1.82, 2.24) is 4.90 Å². The Morgan fingerprint density at radius 3 is 2.53 bits per heavy atom. The van der Waals surface area contributed by atoms with Gasteiger partial charge in [-0.05, 0) is 55.3 Å². The first kappa shape index (κ1) is 21.7. The summed E-state index contributed by atoms with van der Waals surface area (Å²) in [4.78, 5) is 27.0. The molecule has 0 saturated carbocycles. The van der Waals surface area contributed by atoms with Gasteiger partial charge in [0.2, 0.25) is 0 Å². The molecule has 0 aromatic heterocycles. The molecule has 164 valence electrons. The van der Waals surface area contributed by atoms with E-state index < -0.39 is 6.10 Å². The average Bonchev–Trinajstić information content (AvgIpc) is 2.89. The predicted molar refractivity (Wildman–Crippen MR) is 126 cm³/mol. The Morgan fingerprint density at radius 2 is 1.78 bits per heavy atom. The van der Waals surface area contributed by atoms with Gasteiger partial charge in [0, 0.05) is 35.1 Å². The minimum atomic E-state index is -0.572. The quantitative estimate of drug-likeness (QED) is 0.552. The highest BCUT2D eigenvalue weighted by Gasteiger charge is 2.27. The molecule has 0 aliphatic carbocycles. The Hall–Kier alpha value is -3.51. The molecular weight excluding hydrogens is 426 g/mol. The lowest BCUT2D eigenvalue weighted by Crippen LogP contribution is -2.39. The number of anilines is 2. The average molecular weight is 450 g/mol. The van der Waals surface area contributed by atoms with E-state index >= 15 is 0 Å².